The minimum absolute atomic E-state index is 0.623. The predicted octanol–water partition coefficient (Wildman–Crippen LogP) is 3.87. The molecular weight excluding hydrogens is 238 g/mol. The number of thioether (sulfide) groups is 1. The van der Waals surface area contributed by atoms with Crippen molar-refractivity contribution in [1.82, 2.24) is 0 Å². The molecule has 0 aliphatic heterocycles. The fourth-order valence-electron chi connectivity index (χ4n) is 1.87. The van der Waals surface area contributed by atoms with Crippen LogP contribution >= 0.6 is 11.8 Å². The zero-order valence-electron chi connectivity index (χ0n) is 10.5. The highest BCUT2D eigenvalue weighted by Crippen LogP contribution is 2.20. The van der Waals surface area contributed by atoms with Gasteiger partial charge in [-0.1, -0.05) is 42.5 Å². The lowest BCUT2D eigenvalue weighted by molar-refractivity contribution is 0.933. The van der Waals surface area contributed by atoms with Crippen LogP contribution < -0.4 is 5.73 Å². The SMILES string of the molecule is NCc1cccc(SCCCc2ccccc2)c1. The summed E-state index contributed by atoms with van der Waals surface area (Å²) in [7, 11) is 0. The quantitative estimate of drug-likeness (QED) is 0.628. The van der Waals surface area contributed by atoms with E-state index < -0.39 is 0 Å². The Morgan fingerprint density at radius 3 is 2.44 bits per heavy atom. The van der Waals surface area contributed by atoms with Crippen LogP contribution in [0.4, 0.5) is 0 Å². The van der Waals surface area contributed by atoms with Gasteiger partial charge in [0, 0.05) is 11.4 Å². The fourth-order valence-corrected chi connectivity index (χ4v) is 2.81. The van der Waals surface area contributed by atoms with E-state index in [0.717, 1.165) is 12.2 Å². The summed E-state index contributed by atoms with van der Waals surface area (Å²) in [4.78, 5) is 1.33. The summed E-state index contributed by atoms with van der Waals surface area (Å²) in [6.07, 6.45) is 2.37. The second-order valence-corrected chi connectivity index (χ2v) is 5.46. The van der Waals surface area contributed by atoms with Crippen molar-refractivity contribution in [3.05, 3.63) is 65.7 Å². The van der Waals surface area contributed by atoms with E-state index >= 15 is 0 Å². The first-order valence-electron chi connectivity index (χ1n) is 6.34. The summed E-state index contributed by atoms with van der Waals surface area (Å²) in [5, 5.41) is 0. The van der Waals surface area contributed by atoms with Crippen molar-refractivity contribution in [2.24, 2.45) is 5.73 Å². The van der Waals surface area contributed by atoms with Crippen LogP contribution in [-0.4, -0.2) is 5.75 Å². The smallest absolute Gasteiger partial charge is 0.0178 e. The molecule has 0 bridgehead atoms. The number of hydrogen-bond donors (Lipinski definition) is 1. The Kier molecular flexibility index (Phi) is 5.31. The van der Waals surface area contributed by atoms with Crippen molar-refractivity contribution in [1.29, 1.82) is 0 Å². The van der Waals surface area contributed by atoms with Crippen LogP contribution in [0.15, 0.2) is 59.5 Å². The van der Waals surface area contributed by atoms with Gasteiger partial charge in [0.2, 0.25) is 0 Å². The summed E-state index contributed by atoms with van der Waals surface area (Å²) in [6.45, 7) is 0.623. The molecule has 0 aliphatic carbocycles. The Balaban J connectivity index is 1.75. The van der Waals surface area contributed by atoms with Crippen LogP contribution in [0, 0.1) is 0 Å². The largest absolute Gasteiger partial charge is 0.326 e. The second kappa shape index (κ2) is 7.24. The van der Waals surface area contributed by atoms with E-state index in [9.17, 15) is 0 Å². The summed E-state index contributed by atoms with van der Waals surface area (Å²) in [5.74, 6) is 1.16. The average Bonchev–Trinajstić information content (AvgIpc) is 2.45. The summed E-state index contributed by atoms with van der Waals surface area (Å²) >= 11 is 1.91. The Morgan fingerprint density at radius 2 is 1.67 bits per heavy atom. The average molecular weight is 257 g/mol. The summed E-state index contributed by atoms with van der Waals surface area (Å²) in [6, 6.07) is 19.2. The first-order valence-corrected chi connectivity index (χ1v) is 7.33. The van der Waals surface area contributed by atoms with E-state index in [1.807, 2.05) is 11.8 Å². The monoisotopic (exact) mass is 257 g/mol. The van der Waals surface area contributed by atoms with Gasteiger partial charge < -0.3 is 5.73 Å². The third kappa shape index (κ3) is 4.21. The molecule has 2 heteroatoms. The van der Waals surface area contributed by atoms with Crippen LogP contribution in [0.25, 0.3) is 0 Å². The van der Waals surface area contributed by atoms with Crippen LogP contribution in [0.1, 0.15) is 17.5 Å². The maximum Gasteiger partial charge on any atom is 0.0178 e. The Hall–Kier alpha value is -1.25. The van der Waals surface area contributed by atoms with Gasteiger partial charge in [-0.25, -0.2) is 0 Å². The van der Waals surface area contributed by atoms with Crippen molar-refractivity contribution in [2.45, 2.75) is 24.3 Å². The van der Waals surface area contributed by atoms with Gasteiger partial charge in [-0.2, -0.15) is 0 Å². The molecule has 2 aromatic rings. The van der Waals surface area contributed by atoms with Gasteiger partial charge in [-0.3, -0.25) is 0 Å². The van der Waals surface area contributed by atoms with Crippen LogP contribution in [0.5, 0.6) is 0 Å². The number of rotatable bonds is 6. The molecule has 0 aromatic heterocycles. The lowest BCUT2D eigenvalue weighted by atomic mass is 10.1. The lowest BCUT2D eigenvalue weighted by Crippen LogP contribution is -1.95. The molecule has 0 spiro atoms. The standard InChI is InChI=1S/C16H19NS/c17-13-15-8-4-10-16(12-15)18-11-5-9-14-6-2-1-3-7-14/h1-4,6-8,10,12H,5,9,11,13,17H2. The molecule has 0 unspecified atom stereocenters. The third-order valence-corrected chi connectivity index (χ3v) is 3.94. The molecule has 0 radical (unpaired) electrons. The third-order valence-electron chi connectivity index (χ3n) is 2.86. The van der Waals surface area contributed by atoms with E-state index in [1.165, 1.54) is 22.4 Å². The van der Waals surface area contributed by atoms with Crippen molar-refractivity contribution >= 4 is 11.8 Å². The maximum atomic E-state index is 5.64. The Bertz CT molecular complexity index is 468. The van der Waals surface area contributed by atoms with Crippen LogP contribution in [-0.2, 0) is 13.0 Å². The van der Waals surface area contributed by atoms with Crippen LogP contribution in [0.3, 0.4) is 0 Å². The van der Waals surface area contributed by atoms with Gasteiger partial charge in [0.15, 0.2) is 0 Å². The summed E-state index contributed by atoms with van der Waals surface area (Å²) < 4.78 is 0. The lowest BCUT2D eigenvalue weighted by Gasteiger charge is -2.04. The first-order chi connectivity index (χ1) is 8.88. The predicted molar refractivity (Wildman–Crippen MR) is 79.8 cm³/mol. The zero-order valence-corrected chi connectivity index (χ0v) is 11.3. The van der Waals surface area contributed by atoms with Gasteiger partial charge in [0.05, 0.1) is 0 Å². The molecule has 2 aromatic carbocycles. The first kappa shape index (κ1) is 13.2. The van der Waals surface area contributed by atoms with Crippen molar-refractivity contribution in [2.75, 3.05) is 5.75 Å². The topological polar surface area (TPSA) is 26.0 Å². The minimum atomic E-state index is 0.623. The molecule has 18 heavy (non-hydrogen) atoms. The van der Waals surface area contributed by atoms with Gasteiger partial charge in [0.1, 0.15) is 0 Å². The highest BCUT2D eigenvalue weighted by Gasteiger charge is 1.97. The molecule has 2 rings (SSSR count). The van der Waals surface area contributed by atoms with Gasteiger partial charge in [-0.05, 0) is 41.9 Å². The zero-order chi connectivity index (χ0) is 12.6. The van der Waals surface area contributed by atoms with E-state index in [1.54, 1.807) is 0 Å². The van der Waals surface area contributed by atoms with E-state index in [2.05, 4.69) is 54.6 Å². The van der Waals surface area contributed by atoms with E-state index in [-0.39, 0.29) is 0 Å². The molecule has 0 saturated heterocycles. The molecular formula is C16H19NS. The Labute approximate surface area is 113 Å². The van der Waals surface area contributed by atoms with Gasteiger partial charge in [-0.15, -0.1) is 11.8 Å². The Morgan fingerprint density at radius 1 is 0.889 bits per heavy atom. The molecule has 0 saturated carbocycles. The second-order valence-electron chi connectivity index (χ2n) is 4.29. The van der Waals surface area contributed by atoms with Crippen molar-refractivity contribution in [3.8, 4) is 0 Å². The van der Waals surface area contributed by atoms with Crippen molar-refractivity contribution in [3.63, 3.8) is 0 Å². The highest BCUT2D eigenvalue weighted by molar-refractivity contribution is 7.99. The number of hydrogen-bond acceptors (Lipinski definition) is 2. The molecule has 0 aliphatic rings. The van der Waals surface area contributed by atoms with Gasteiger partial charge in [0.25, 0.3) is 0 Å². The summed E-state index contributed by atoms with van der Waals surface area (Å²) in [5.41, 5.74) is 8.28. The normalized spacial score (nSPS) is 10.5. The number of benzene rings is 2. The van der Waals surface area contributed by atoms with Gasteiger partial charge >= 0.3 is 0 Å². The van der Waals surface area contributed by atoms with Crippen molar-refractivity contribution < 1.29 is 0 Å². The fraction of sp³-hybridized carbons (Fsp3) is 0.250. The molecule has 94 valence electrons. The number of nitrogens with two attached hydrogens (primary N) is 1. The molecule has 2 N–H and O–H groups in total. The number of aryl methyl sites for hydroxylation is 1. The molecule has 0 amide bonds. The van der Waals surface area contributed by atoms with E-state index in [4.69, 9.17) is 5.73 Å². The molecule has 1 nitrogen and oxygen atoms in total. The minimum Gasteiger partial charge on any atom is -0.326 e. The molecule has 0 fully saturated rings. The molecule has 0 atom stereocenters. The van der Waals surface area contributed by atoms with E-state index in [0.29, 0.717) is 6.54 Å². The highest BCUT2D eigenvalue weighted by atomic mass is 32.2. The van der Waals surface area contributed by atoms with Crippen LogP contribution in [0.2, 0.25) is 0 Å². The molecule has 0 heterocycles. The maximum absolute atomic E-state index is 5.64.